The number of carbonyl (C=O) groups excluding carboxylic acids is 1. The summed E-state index contributed by atoms with van der Waals surface area (Å²) in [5.41, 5.74) is 1.71. The quantitative estimate of drug-likeness (QED) is 0.646. The molecule has 150 valence electrons. The molecule has 4 bridgehead atoms. The Kier molecular flexibility index (Phi) is 4.66. The summed E-state index contributed by atoms with van der Waals surface area (Å²) in [6.45, 7) is 0. The Morgan fingerprint density at radius 2 is 2.07 bits per heavy atom. The van der Waals surface area contributed by atoms with E-state index < -0.39 is 0 Å². The number of aromatic nitrogens is 2. The van der Waals surface area contributed by atoms with Crippen molar-refractivity contribution in [1.29, 1.82) is 0 Å². The first-order chi connectivity index (χ1) is 13.5. The lowest BCUT2D eigenvalue weighted by atomic mass is 9.49. The summed E-state index contributed by atoms with van der Waals surface area (Å²) in [5.74, 6) is 3.31. The number of benzene rings is 1. The number of H-pyrrole nitrogens is 1. The molecular weight excluding hydrogens is 390 g/mol. The lowest BCUT2D eigenvalue weighted by Crippen LogP contribution is -2.58. The van der Waals surface area contributed by atoms with Gasteiger partial charge in [-0.15, -0.1) is 11.6 Å². The molecule has 6 rings (SSSR count). The number of rotatable bonds is 6. The van der Waals surface area contributed by atoms with Crippen molar-refractivity contribution in [2.75, 3.05) is 12.0 Å². The summed E-state index contributed by atoms with van der Waals surface area (Å²) in [4.78, 5) is 21.6. The first-order valence-electron chi connectivity index (χ1n) is 10.4. The molecule has 28 heavy (non-hydrogen) atoms. The van der Waals surface area contributed by atoms with Crippen LogP contribution >= 0.6 is 23.4 Å². The van der Waals surface area contributed by atoms with Gasteiger partial charge in [-0.3, -0.25) is 4.79 Å². The Morgan fingerprint density at radius 1 is 1.32 bits per heavy atom. The van der Waals surface area contributed by atoms with Gasteiger partial charge in [-0.25, -0.2) is 4.98 Å². The van der Waals surface area contributed by atoms with Gasteiger partial charge in [0, 0.05) is 4.87 Å². The Hall–Kier alpha value is -1.20. The Morgan fingerprint density at radius 3 is 2.75 bits per heavy atom. The lowest BCUT2D eigenvalue weighted by Gasteiger charge is -2.59. The third-order valence-corrected chi connectivity index (χ3v) is 8.21. The average molecular weight is 418 g/mol. The molecule has 1 heterocycles. The lowest BCUT2D eigenvalue weighted by molar-refractivity contribution is -0.145. The van der Waals surface area contributed by atoms with Crippen molar-refractivity contribution in [3.05, 3.63) is 30.1 Å². The highest BCUT2D eigenvalue weighted by Crippen LogP contribution is 2.63. The van der Waals surface area contributed by atoms with Crippen molar-refractivity contribution in [3.63, 3.8) is 0 Å². The van der Waals surface area contributed by atoms with Crippen molar-refractivity contribution in [1.82, 2.24) is 15.3 Å². The first kappa shape index (κ1) is 18.8. The number of imidazole rings is 1. The summed E-state index contributed by atoms with van der Waals surface area (Å²) >= 11 is 8.76. The standard InChI is InChI=1S/C22H28ClN3OS/c1-28-7-6-18(19-24-16-4-2-3-5-17(16)25-19)26-20(27)21-9-14-8-15(10-21)12-22(23,11-14)13-21/h2-5,14-15,18H,6-13H2,1H3,(H,24,25)(H,26,27). The second kappa shape index (κ2) is 6.94. The van der Waals surface area contributed by atoms with E-state index >= 15 is 0 Å². The Bertz CT molecular complexity index is 850. The number of halogens is 1. The maximum atomic E-state index is 13.6. The molecular formula is C22H28ClN3OS. The predicted octanol–water partition coefficient (Wildman–Crippen LogP) is 5.05. The van der Waals surface area contributed by atoms with Crippen LogP contribution in [0.4, 0.5) is 0 Å². The number of hydrogen-bond acceptors (Lipinski definition) is 3. The molecule has 1 aromatic carbocycles. The minimum atomic E-state index is -0.268. The van der Waals surface area contributed by atoms with E-state index in [2.05, 4.69) is 16.6 Å². The number of thioether (sulfide) groups is 1. The van der Waals surface area contributed by atoms with Crippen LogP contribution in [0.5, 0.6) is 0 Å². The molecule has 0 radical (unpaired) electrons. The maximum Gasteiger partial charge on any atom is 0.226 e. The molecule has 1 amide bonds. The van der Waals surface area contributed by atoms with Gasteiger partial charge in [0.05, 0.1) is 22.5 Å². The molecule has 0 aliphatic heterocycles. The van der Waals surface area contributed by atoms with Gasteiger partial charge in [0.2, 0.25) is 5.91 Å². The zero-order chi connectivity index (χ0) is 19.4. The molecule has 0 spiro atoms. The number of carbonyl (C=O) groups is 1. The van der Waals surface area contributed by atoms with Crippen molar-refractivity contribution in [2.24, 2.45) is 17.3 Å². The van der Waals surface area contributed by atoms with E-state index in [-0.39, 0.29) is 22.2 Å². The largest absolute Gasteiger partial charge is 0.346 e. The molecule has 4 nitrogen and oxygen atoms in total. The number of alkyl halides is 1. The first-order valence-corrected chi connectivity index (χ1v) is 12.2. The molecule has 0 saturated heterocycles. The van der Waals surface area contributed by atoms with Gasteiger partial charge >= 0.3 is 0 Å². The van der Waals surface area contributed by atoms with Gasteiger partial charge in [-0.1, -0.05) is 12.1 Å². The number of fused-ring (bicyclic) bond motifs is 1. The zero-order valence-corrected chi connectivity index (χ0v) is 17.9. The number of nitrogens with zero attached hydrogens (tertiary/aromatic N) is 1. The van der Waals surface area contributed by atoms with Crippen LogP contribution in [0.15, 0.2) is 24.3 Å². The molecule has 4 aliphatic rings. The minimum Gasteiger partial charge on any atom is -0.346 e. The maximum absolute atomic E-state index is 13.6. The van der Waals surface area contributed by atoms with Crippen LogP contribution in [-0.4, -0.2) is 32.8 Å². The van der Waals surface area contributed by atoms with Gasteiger partial charge in [0.1, 0.15) is 5.82 Å². The Balaban J connectivity index is 1.40. The summed E-state index contributed by atoms with van der Waals surface area (Å²) in [5, 5.41) is 3.40. The van der Waals surface area contributed by atoms with Crippen LogP contribution in [0.25, 0.3) is 11.0 Å². The van der Waals surface area contributed by atoms with Crippen LogP contribution in [-0.2, 0) is 4.79 Å². The number of para-hydroxylation sites is 2. The number of aromatic amines is 1. The number of nitrogens with one attached hydrogen (secondary N) is 2. The van der Waals surface area contributed by atoms with Crippen molar-refractivity contribution in [3.8, 4) is 0 Å². The molecule has 2 N–H and O–H groups in total. The molecule has 3 unspecified atom stereocenters. The second-order valence-electron chi connectivity index (χ2n) is 9.34. The third kappa shape index (κ3) is 3.24. The van der Waals surface area contributed by atoms with Crippen molar-refractivity contribution < 1.29 is 4.79 Å². The predicted molar refractivity (Wildman–Crippen MR) is 116 cm³/mol. The van der Waals surface area contributed by atoms with E-state index in [9.17, 15) is 4.79 Å². The van der Waals surface area contributed by atoms with E-state index in [1.165, 1.54) is 6.42 Å². The average Bonchev–Trinajstić information content (AvgIpc) is 3.07. The normalized spacial score (nSPS) is 34.6. The molecule has 6 heteroatoms. The van der Waals surface area contributed by atoms with Crippen LogP contribution in [0.1, 0.15) is 56.8 Å². The summed E-state index contributed by atoms with van der Waals surface area (Å²) in [7, 11) is 0. The Labute approximate surface area is 175 Å². The van der Waals surface area contributed by atoms with Gasteiger partial charge in [0.15, 0.2) is 0 Å². The summed E-state index contributed by atoms with van der Waals surface area (Å²) in [6.07, 6.45) is 9.31. The number of hydrogen-bond donors (Lipinski definition) is 2. The smallest absolute Gasteiger partial charge is 0.226 e. The topological polar surface area (TPSA) is 57.8 Å². The van der Waals surface area contributed by atoms with E-state index in [4.69, 9.17) is 16.6 Å². The summed E-state index contributed by atoms with van der Waals surface area (Å²) in [6, 6.07) is 7.98. The van der Waals surface area contributed by atoms with Crippen molar-refractivity contribution >= 4 is 40.3 Å². The molecule has 1 aromatic heterocycles. The van der Waals surface area contributed by atoms with Crippen LogP contribution in [0.2, 0.25) is 0 Å². The zero-order valence-electron chi connectivity index (χ0n) is 16.3. The molecule has 4 fully saturated rings. The highest BCUT2D eigenvalue weighted by atomic mass is 35.5. The fourth-order valence-corrected chi connectivity index (χ4v) is 7.54. The summed E-state index contributed by atoms with van der Waals surface area (Å²) < 4.78 is 0. The SMILES string of the molecule is CSCCC(NC(=O)C12CC3CC(CC(Cl)(C3)C1)C2)c1nc2ccccc2[nH]1. The third-order valence-electron chi connectivity index (χ3n) is 7.13. The van der Waals surface area contributed by atoms with Crippen LogP contribution < -0.4 is 5.32 Å². The van der Waals surface area contributed by atoms with Gasteiger partial charge in [-0.05, 0) is 80.9 Å². The van der Waals surface area contributed by atoms with Crippen LogP contribution in [0.3, 0.4) is 0 Å². The number of amides is 1. The highest BCUT2D eigenvalue weighted by molar-refractivity contribution is 7.98. The van der Waals surface area contributed by atoms with E-state index in [0.717, 1.165) is 61.1 Å². The highest BCUT2D eigenvalue weighted by Gasteiger charge is 2.60. The minimum absolute atomic E-state index is 0.0772. The molecule has 3 atom stereocenters. The van der Waals surface area contributed by atoms with E-state index in [1.807, 2.05) is 24.3 Å². The van der Waals surface area contributed by atoms with Gasteiger partial charge < -0.3 is 10.3 Å². The molecule has 4 aliphatic carbocycles. The monoisotopic (exact) mass is 417 g/mol. The van der Waals surface area contributed by atoms with Gasteiger partial charge in [0.25, 0.3) is 0 Å². The molecule has 2 aromatic rings. The van der Waals surface area contributed by atoms with E-state index in [0.29, 0.717) is 11.8 Å². The fourth-order valence-electron chi connectivity index (χ4n) is 6.38. The fraction of sp³-hybridized carbons (Fsp3) is 0.636. The van der Waals surface area contributed by atoms with Gasteiger partial charge in [-0.2, -0.15) is 11.8 Å². The molecule has 4 saturated carbocycles. The van der Waals surface area contributed by atoms with Crippen molar-refractivity contribution in [2.45, 2.75) is 55.9 Å². The second-order valence-corrected chi connectivity index (χ2v) is 11.1. The van der Waals surface area contributed by atoms with Crippen LogP contribution in [0, 0.1) is 17.3 Å². The van der Waals surface area contributed by atoms with E-state index in [1.54, 1.807) is 11.8 Å².